The lowest BCUT2D eigenvalue weighted by molar-refractivity contribution is 0.112. The normalized spacial score (nSPS) is 10.6. The lowest BCUT2D eigenvalue weighted by atomic mass is 10.2. The van der Waals surface area contributed by atoms with Crippen molar-refractivity contribution >= 4 is 22.9 Å². The number of benzene rings is 1. The van der Waals surface area contributed by atoms with E-state index in [-0.39, 0.29) is 0 Å². The second-order valence-corrected chi connectivity index (χ2v) is 3.76. The Morgan fingerprint density at radius 1 is 1.31 bits per heavy atom. The van der Waals surface area contributed by atoms with Crippen molar-refractivity contribution in [2.45, 2.75) is 13.8 Å². The maximum absolute atomic E-state index is 10.8. The summed E-state index contributed by atoms with van der Waals surface area (Å²) >= 11 is 0. The van der Waals surface area contributed by atoms with Crippen LogP contribution < -0.4 is 4.90 Å². The highest BCUT2D eigenvalue weighted by molar-refractivity contribution is 5.95. The van der Waals surface area contributed by atoms with Crippen molar-refractivity contribution in [3.63, 3.8) is 0 Å². The summed E-state index contributed by atoms with van der Waals surface area (Å²) in [4.78, 5) is 16.2. The van der Waals surface area contributed by atoms with Gasteiger partial charge in [0.25, 0.3) is 0 Å². The quantitative estimate of drug-likeness (QED) is 0.798. The Morgan fingerprint density at radius 2 is 2.06 bits per heavy atom. The molecule has 0 radical (unpaired) electrons. The third-order valence-corrected chi connectivity index (χ3v) is 2.89. The first-order chi connectivity index (χ1) is 7.80. The number of nitrogens with one attached hydrogen (secondary N) is 1. The highest BCUT2D eigenvalue weighted by Crippen LogP contribution is 2.26. The number of nitrogens with zero attached hydrogens (tertiary/aromatic N) is 1. The second-order valence-electron chi connectivity index (χ2n) is 3.76. The number of carbonyl (C=O) groups excluding carboxylic acids is 1. The standard InChI is InChI=1S/C13H16N2O/c1-3-15(4-2)12-7-5-6-10-8-11(9-16)14-13(10)12/h5-9,14H,3-4H2,1-2H3. The maximum atomic E-state index is 10.8. The monoisotopic (exact) mass is 216 g/mol. The van der Waals surface area contributed by atoms with Crippen LogP contribution in [0.2, 0.25) is 0 Å². The third kappa shape index (κ3) is 1.69. The number of H-pyrrole nitrogens is 1. The molecule has 0 saturated carbocycles. The highest BCUT2D eigenvalue weighted by Gasteiger charge is 2.08. The van der Waals surface area contributed by atoms with Gasteiger partial charge in [-0.05, 0) is 26.0 Å². The molecule has 16 heavy (non-hydrogen) atoms. The summed E-state index contributed by atoms with van der Waals surface area (Å²) in [6.45, 7) is 6.19. The molecule has 3 heteroatoms. The van der Waals surface area contributed by atoms with Crippen LogP contribution in [0.25, 0.3) is 10.9 Å². The Bertz CT molecular complexity index is 498. The fourth-order valence-electron chi connectivity index (χ4n) is 2.05. The van der Waals surface area contributed by atoms with Gasteiger partial charge in [-0.2, -0.15) is 0 Å². The summed E-state index contributed by atoms with van der Waals surface area (Å²) in [5, 5.41) is 1.09. The van der Waals surface area contributed by atoms with E-state index in [4.69, 9.17) is 0 Å². The minimum absolute atomic E-state index is 0.634. The summed E-state index contributed by atoms with van der Waals surface area (Å²) in [6.07, 6.45) is 0.853. The molecule has 84 valence electrons. The van der Waals surface area contributed by atoms with Crippen LogP contribution in [0.15, 0.2) is 24.3 Å². The first-order valence-corrected chi connectivity index (χ1v) is 5.62. The van der Waals surface area contributed by atoms with Crippen molar-refractivity contribution in [3.8, 4) is 0 Å². The zero-order valence-corrected chi connectivity index (χ0v) is 9.66. The molecule has 1 heterocycles. The first-order valence-electron chi connectivity index (χ1n) is 5.62. The van der Waals surface area contributed by atoms with Gasteiger partial charge < -0.3 is 9.88 Å². The number of aromatic amines is 1. The molecule has 0 amide bonds. The van der Waals surface area contributed by atoms with E-state index in [1.54, 1.807) is 0 Å². The number of anilines is 1. The zero-order valence-electron chi connectivity index (χ0n) is 9.66. The summed E-state index contributed by atoms with van der Waals surface area (Å²) < 4.78 is 0. The van der Waals surface area contributed by atoms with Crippen molar-refractivity contribution in [2.75, 3.05) is 18.0 Å². The lowest BCUT2D eigenvalue weighted by Gasteiger charge is -2.21. The summed E-state index contributed by atoms with van der Waals surface area (Å²) in [5.41, 5.74) is 2.85. The van der Waals surface area contributed by atoms with E-state index < -0.39 is 0 Å². The van der Waals surface area contributed by atoms with Crippen LogP contribution in [-0.2, 0) is 0 Å². The predicted molar refractivity (Wildman–Crippen MR) is 67.2 cm³/mol. The summed E-state index contributed by atoms with van der Waals surface area (Å²) in [6, 6.07) is 8.01. The molecular weight excluding hydrogens is 200 g/mol. The van der Waals surface area contributed by atoms with Crippen molar-refractivity contribution in [1.29, 1.82) is 0 Å². The van der Waals surface area contributed by atoms with E-state index in [9.17, 15) is 4.79 Å². The van der Waals surface area contributed by atoms with Crippen LogP contribution in [0.3, 0.4) is 0 Å². The molecule has 0 bridgehead atoms. The minimum Gasteiger partial charge on any atom is -0.370 e. The van der Waals surface area contributed by atoms with Crippen LogP contribution in [-0.4, -0.2) is 24.4 Å². The Labute approximate surface area is 95.1 Å². The molecule has 1 aromatic heterocycles. The molecule has 0 aliphatic rings. The van der Waals surface area contributed by atoms with Crippen LogP contribution in [0.1, 0.15) is 24.3 Å². The maximum Gasteiger partial charge on any atom is 0.166 e. The number of rotatable bonds is 4. The Kier molecular flexibility index (Phi) is 2.95. The number of para-hydroxylation sites is 1. The molecule has 1 aromatic carbocycles. The van der Waals surface area contributed by atoms with E-state index in [0.717, 1.165) is 36.0 Å². The average Bonchev–Trinajstić information content (AvgIpc) is 2.74. The van der Waals surface area contributed by atoms with Crippen molar-refractivity contribution in [3.05, 3.63) is 30.0 Å². The molecule has 0 aliphatic carbocycles. The van der Waals surface area contributed by atoms with Gasteiger partial charge in [-0.3, -0.25) is 4.79 Å². The van der Waals surface area contributed by atoms with Crippen LogP contribution >= 0.6 is 0 Å². The minimum atomic E-state index is 0.634. The Balaban J connectivity index is 2.59. The Morgan fingerprint density at radius 3 is 2.69 bits per heavy atom. The second kappa shape index (κ2) is 4.39. The molecule has 2 aromatic rings. The number of hydrogen-bond acceptors (Lipinski definition) is 2. The fourth-order valence-corrected chi connectivity index (χ4v) is 2.05. The molecule has 3 nitrogen and oxygen atoms in total. The van der Waals surface area contributed by atoms with Gasteiger partial charge in [-0.15, -0.1) is 0 Å². The zero-order chi connectivity index (χ0) is 11.5. The van der Waals surface area contributed by atoms with E-state index in [1.807, 2.05) is 18.2 Å². The van der Waals surface area contributed by atoms with Gasteiger partial charge in [-0.1, -0.05) is 12.1 Å². The van der Waals surface area contributed by atoms with E-state index in [1.165, 1.54) is 0 Å². The van der Waals surface area contributed by atoms with Crippen LogP contribution in [0.5, 0.6) is 0 Å². The van der Waals surface area contributed by atoms with Crippen molar-refractivity contribution in [2.24, 2.45) is 0 Å². The number of hydrogen-bond donors (Lipinski definition) is 1. The molecule has 0 saturated heterocycles. The molecule has 0 spiro atoms. The smallest absolute Gasteiger partial charge is 0.166 e. The van der Waals surface area contributed by atoms with Gasteiger partial charge in [0.05, 0.1) is 16.9 Å². The number of aromatic nitrogens is 1. The summed E-state index contributed by atoms with van der Waals surface area (Å²) in [5.74, 6) is 0. The van der Waals surface area contributed by atoms with Gasteiger partial charge in [0.1, 0.15) is 0 Å². The Hall–Kier alpha value is -1.77. The average molecular weight is 216 g/mol. The molecular formula is C13H16N2O. The number of fused-ring (bicyclic) bond motifs is 1. The predicted octanol–water partition coefficient (Wildman–Crippen LogP) is 2.83. The van der Waals surface area contributed by atoms with Gasteiger partial charge in [0.15, 0.2) is 6.29 Å². The lowest BCUT2D eigenvalue weighted by Crippen LogP contribution is -2.21. The molecule has 0 fully saturated rings. The van der Waals surface area contributed by atoms with E-state index in [2.05, 4.69) is 29.8 Å². The van der Waals surface area contributed by atoms with Crippen molar-refractivity contribution < 1.29 is 4.79 Å². The van der Waals surface area contributed by atoms with Crippen LogP contribution in [0.4, 0.5) is 5.69 Å². The fraction of sp³-hybridized carbons (Fsp3) is 0.308. The molecule has 2 rings (SSSR count). The number of carbonyl (C=O) groups is 1. The largest absolute Gasteiger partial charge is 0.370 e. The molecule has 0 unspecified atom stereocenters. The third-order valence-electron chi connectivity index (χ3n) is 2.89. The molecule has 0 aliphatic heterocycles. The number of aldehydes is 1. The van der Waals surface area contributed by atoms with E-state index in [0.29, 0.717) is 5.69 Å². The first kappa shape index (κ1) is 10.7. The molecule has 0 atom stereocenters. The van der Waals surface area contributed by atoms with Gasteiger partial charge in [-0.25, -0.2) is 0 Å². The van der Waals surface area contributed by atoms with Crippen molar-refractivity contribution in [1.82, 2.24) is 4.98 Å². The molecule has 1 N–H and O–H groups in total. The SMILES string of the molecule is CCN(CC)c1cccc2cc(C=O)[nH]c12. The highest BCUT2D eigenvalue weighted by atomic mass is 16.1. The topological polar surface area (TPSA) is 36.1 Å². The summed E-state index contributed by atoms with van der Waals surface area (Å²) in [7, 11) is 0. The van der Waals surface area contributed by atoms with E-state index >= 15 is 0 Å². The van der Waals surface area contributed by atoms with Gasteiger partial charge >= 0.3 is 0 Å². The van der Waals surface area contributed by atoms with Gasteiger partial charge in [0, 0.05) is 18.5 Å². The van der Waals surface area contributed by atoms with Crippen LogP contribution in [0, 0.1) is 0 Å². The van der Waals surface area contributed by atoms with Gasteiger partial charge in [0.2, 0.25) is 0 Å².